The number of nitrogens with zero attached hydrogens (tertiary/aromatic N) is 1. The van der Waals surface area contributed by atoms with Gasteiger partial charge in [-0.3, -0.25) is 4.79 Å². The Morgan fingerprint density at radius 2 is 2.18 bits per heavy atom. The summed E-state index contributed by atoms with van der Waals surface area (Å²) in [5, 5.41) is 9.74. The summed E-state index contributed by atoms with van der Waals surface area (Å²) in [7, 11) is 0. The van der Waals surface area contributed by atoms with Crippen molar-refractivity contribution in [2.45, 2.75) is 12.5 Å². The van der Waals surface area contributed by atoms with Crippen molar-refractivity contribution in [1.29, 1.82) is 0 Å². The minimum absolute atomic E-state index is 0.0492. The van der Waals surface area contributed by atoms with Crippen molar-refractivity contribution in [2.75, 3.05) is 18.0 Å². The lowest BCUT2D eigenvalue weighted by Gasteiger charge is -2.20. The maximum atomic E-state index is 14.6. The van der Waals surface area contributed by atoms with E-state index >= 15 is 0 Å². The second kappa shape index (κ2) is 5.29. The van der Waals surface area contributed by atoms with Crippen LogP contribution in [0, 0.1) is 11.6 Å². The highest BCUT2D eigenvalue weighted by molar-refractivity contribution is 7.16. The number of fused-ring (bicyclic) bond motifs is 1. The first kappa shape index (κ1) is 14.9. The minimum atomic E-state index is -1.42. The smallest absolute Gasteiger partial charge is 0.340 e. The Bertz CT molecular complexity index is 837. The van der Waals surface area contributed by atoms with Crippen LogP contribution in [0.4, 0.5) is 14.5 Å². The topological polar surface area (TPSA) is 83.6 Å². The fourth-order valence-corrected chi connectivity index (χ4v) is 3.54. The SMILES string of the molecule is NC1CCN(c2c(F)cc3c(=O)c(C(=O)O)csc3c2F)C1. The van der Waals surface area contributed by atoms with Crippen LogP contribution in [0.15, 0.2) is 16.2 Å². The van der Waals surface area contributed by atoms with Crippen LogP contribution in [0.1, 0.15) is 16.8 Å². The molecule has 116 valence electrons. The summed E-state index contributed by atoms with van der Waals surface area (Å²) in [5.41, 5.74) is 4.17. The molecule has 0 amide bonds. The lowest BCUT2D eigenvalue weighted by molar-refractivity contribution is 0.0696. The minimum Gasteiger partial charge on any atom is -0.478 e. The molecule has 1 aromatic carbocycles. The third-order valence-corrected chi connectivity index (χ3v) is 4.69. The van der Waals surface area contributed by atoms with Gasteiger partial charge in [-0.15, -0.1) is 11.3 Å². The molecule has 1 atom stereocenters. The number of halogens is 2. The molecule has 0 radical (unpaired) electrons. The summed E-state index contributed by atoms with van der Waals surface area (Å²) in [6.07, 6.45) is 0.630. The van der Waals surface area contributed by atoms with Crippen LogP contribution in [0.3, 0.4) is 0 Å². The van der Waals surface area contributed by atoms with Crippen molar-refractivity contribution < 1.29 is 18.7 Å². The fourth-order valence-electron chi connectivity index (χ4n) is 2.62. The highest BCUT2D eigenvalue weighted by Crippen LogP contribution is 2.33. The summed E-state index contributed by atoms with van der Waals surface area (Å²) in [5.74, 6) is -3.15. The largest absolute Gasteiger partial charge is 0.478 e. The number of carboxylic acid groups (broad SMARTS) is 1. The number of carbonyl (C=O) groups is 1. The average molecular weight is 326 g/mol. The van der Waals surface area contributed by atoms with Gasteiger partial charge in [0.1, 0.15) is 17.1 Å². The molecule has 1 fully saturated rings. The summed E-state index contributed by atoms with van der Waals surface area (Å²) in [6, 6.07) is 0.755. The molecule has 2 heterocycles. The zero-order valence-electron chi connectivity index (χ0n) is 11.3. The lowest BCUT2D eigenvalue weighted by atomic mass is 10.1. The molecule has 1 unspecified atom stereocenters. The summed E-state index contributed by atoms with van der Waals surface area (Å²) in [6.45, 7) is 0.768. The molecule has 3 rings (SSSR count). The molecule has 0 spiro atoms. The molecule has 0 aliphatic carbocycles. The Hall–Kier alpha value is -2.06. The first-order valence-corrected chi connectivity index (χ1v) is 7.45. The number of rotatable bonds is 2. The van der Waals surface area contributed by atoms with Crippen LogP contribution in [-0.4, -0.2) is 30.2 Å². The number of hydrogen-bond acceptors (Lipinski definition) is 5. The maximum absolute atomic E-state index is 14.6. The zero-order chi connectivity index (χ0) is 16.0. The Labute approximate surface area is 127 Å². The van der Waals surface area contributed by atoms with Gasteiger partial charge in [0.15, 0.2) is 5.82 Å². The number of benzene rings is 1. The molecular weight excluding hydrogens is 314 g/mol. The summed E-state index contributed by atoms with van der Waals surface area (Å²) >= 11 is 0.775. The van der Waals surface area contributed by atoms with E-state index in [9.17, 15) is 18.4 Å². The zero-order valence-corrected chi connectivity index (χ0v) is 12.1. The Kier molecular flexibility index (Phi) is 3.57. The first-order valence-electron chi connectivity index (χ1n) is 6.57. The molecule has 22 heavy (non-hydrogen) atoms. The molecular formula is C14H12F2N2O3S. The second-order valence-corrected chi connectivity index (χ2v) is 6.06. The standard InChI is InChI=1S/C14H12F2N2O3S/c15-9-3-7-12(19)8(14(20)21)5-22-13(7)10(16)11(9)18-2-1-6(17)4-18/h3,5-6H,1-2,4,17H2,(H,20,21). The van der Waals surface area contributed by atoms with E-state index in [2.05, 4.69) is 0 Å². The molecule has 1 aliphatic heterocycles. The maximum Gasteiger partial charge on any atom is 0.340 e. The molecule has 0 saturated carbocycles. The van der Waals surface area contributed by atoms with E-state index in [4.69, 9.17) is 10.8 Å². The van der Waals surface area contributed by atoms with Crippen LogP contribution in [0.25, 0.3) is 10.1 Å². The van der Waals surface area contributed by atoms with Crippen LogP contribution < -0.4 is 16.1 Å². The van der Waals surface area contributed by atoms with Gasteiger partial charge in [-0.2, -0.15) is 0 Å². The molecule has 3 N–H and O–H groups in total. The van der Waals surface area contributed by atoms with Gasteiger partial charge < -0.3 is 15.7 Å². The highest BCUT2D eigenvalue weighted by atomic mass is 32.1. The van der Waals surface area contributed by atoms with E-state index in [-0.39, 0.29) is 21.8 Å². The normalized spacial score (nSPS) is 18.1. The monoisotopic (exact) mass is 326 g/mol. The molecule has 2 aromatic rings. The number of aromatic carboxylic acids is 1. The van der Waals surface area contributed by atoms with Gasteiger partial charge in [0.2, 0.25) is 5.43 Å². The van der Waals surface area contributed by atoms with Crippen molar-refractivity contribution in [1.82, 2.24) is 0 Å². The van der Waals surface area contributed by atoms with E-state index in [1.165, 1.54) is 4.90 Å². The Balaban J connectivity index is 2.24. The van der Waals surface area contributed by atoms with Gasteiger partial charge in [0, 0.05) is 29.9 Å². The average Bonchev–Trinajstić information content (AvgIpc) is 2.86. The quantitative estimate of drug-likeness (QED) is 0.879. The van der Waals surface area contributed by atoms with Gasteiger partial charge in [-0.25, -0.2) is 13.6 Å². The summed E-state index contributed by atoms with van der Waals surface area (Å²) in [4.78, 5) is 24.5. The van der Waals surface area contributed by atoms with Gasteiger partial charge in [-0.1, -0.05) is 0 Å². The number of carboxylic acids is 1. The predicted molar refractivity (Wildman–Crippen MR) is 79.8 cm³/mol. The van der Waals surface area contributed by atoms with E-state index in [1.54, 1.807) is 0 Å². The van der Waals surface area contributed by atoms with E-state index < -0.39 is 28.6 Å². The van der Waals surface area contributed by atoms with Crippen molar-refractivity contribution >= 4 is 33.1 Å². The Morgan fingerprint density at radius 3 is 2.77 bits per heavy atom. The molecule has 1 aliphatic rings. The van der Waals surface area contributed by atoms with Crippen LogP contribution >= 0.6 is 11.3 Å². The van der Waals surface area contributed by atoms with Gasteiger partial charge in [0.25, 0.3) is 0 Å². The van der Waals surface area contributed by atoms with E-state index in [1.807, 2.05) is 0 Å². The highest BCUT2D eigenvalue weighted by Gasteiger charge is 2.27. The van der Waals surface area contributed by atoms with Crippen LogP contribution in [0.2, 0.25) is 0 Å². The molecule has 8 heteroatoms. The third kappa shape index (κ3) is 2.24. The molecule has 1 aromatic heterocycles. The fraction of sp³-hybridized carbons (Fsp3) is 0.286. The van der Waals surface area contributed by atoms with Gasteiger partial charge in [-0.05, 0) is 12.5 Å². The predicted octanol–water partition coefficient (Wildman–Crippen LogP) is 1.78. The second-order valence-electron chi connectivity index (χ2n) is 5.18. The molecule has 5 nitrogen and oxygen atoms in total. The van der Waals surface area contributed by atoms with E-state index in [0.29, 0.717) is 19.5 Å². The number of anilines is 1. The van der Waals surface area contributed by atoms with Crippen molar-refractivity contribution in [3.63, 3.8) is 0 Å². The molecule has 0 bridgehead atoms. The number of nitrogens with two attached hydrogens (primary N) is 1. The Morgan fingerprint density at radius 1 is 1.45 bits per heavy atom. The first-order chi connectivity index (χ1) is 10.4. The van der Waals surface area contributed by atoms with Crippen molar-refractivity contribution in [3.05, 3.63) is 38.9 Å². The van der Waals surface area contributed by atoms with Crippen molar-refractivity contribution in [2.24, 2.45) is 5.73 Å². The van der Waals surface area contributed by atoms with Gasteiger partial charge >= 0.3 is 5.97 Å². The lowest BCUT2D eigenvalue weighted by Crippen LogP contribution is -2.27. The van der Waals surface area contributed by atoms with Gasteiger partial charge in [0.05, 0.1) is 4.70 Å². The molecule has 1 saturated heterocycles. The number of hydrogen-bond donors (Lipinski definition) is 2. The van der Waals surface area contributed by atoms with E-state index in [0.717, 1.165) is 22.8 Å². The van der Waals surface area contributed by atoms with Crippen molar-refractivity contribution in [3.8, 4) is 0 Å². The van der Waals surface area contributed by atoms with Crippen LogP contribution in [0.5, 0.6) is 0 Å². The van der Waals surface area contributed by atoms with Crippen LogP contribution in [-0.2, 0) is 0 Å². The third-order valence-electron chi connectivity index (χ3n) is 3.70. The summed E-state index contributed by atoms with van der Waals surface area (Å²) < 4.78 is 28.8.